The molecular weight excluding hydrogens is 330 g/mol. The van der Waals surface area contributed by atoms with Crippen molar-refractivity contribution in [1.82, 2.24) is 10.2 Å². The van der Waals surface area contributed by atoms with Gasteiger partial charge in [-0.15, -0.1) is 5.10 Å². The Morgan fingerprint density at radius 3 is 2.71 bits per heavy atom. The summed E-state index contributed by atoms with van der Waals surface area (Å²) in [6.07, 6.45) is 0. The smallest absolute Gasteiger partial charge is 0.322 e. The van der Waals surface area contributed by atoms with Crippen LogP contribution in [0.2, 0.25) is 5.02 Å². The molecule has 7 heteroatoms. The van der Waals surface area contributed by atoms with E-state index in [1.165, 1.54) is 0 Å². The maximum absolute atomic E-state index is 12.1. The first-order valence-electron chi connectivity index (χ1n) is 7.08. The fourth-order valence-corrected chi connectivity index (χ4v) is 2.45. The van der Waals surface area contributed by atoms with E-state index < -0.39 is 5.91 Å². The Morgan fingerprint density at radius 1 is 1.00 bits per heavy atom. The van der Waals surface area contributed by atoms with Crippen LogP contribution in [0, 0.1) is 0 Å². The predicted molar refractivity (Wildman–Crippen MR) is 88.9 cm³/mol. The molecule has 0 aliphatic carbocycles. The van der Waals surface area contributed by atoms with Crippen LogP contribution in [0.15, 0.2) is 63.4 Å². The maximum Gasteiger partial charge on any atom is 0.322 e. The highest BCUT2D eigenvalue weighted by atomic mass is 35.5. The van der Waals surface area contributed by atoms with Crippen molar-refractivity contribution in [2.75, 3.05) is 5.32 Å². The molecule has 0 aliphatic rings. The van der Waals surface area contributed by atoms with Crippen LogP contribution in [-0.4, -0.2) is 16.1 Å². The predicted octanol–water partition coefficient (Wildman–Crippen LogP) is 4.39. The van der Waals surface area contributed by atoms with Crippen molar-refractivity contribution >= 4 is 34.5 Å². The number of fused-ring (bicyclic) bond motifs is 1. The zero-order chi connectivity index (χ0) is 16.5. The number of carbonyl (C=O) groups is 1. The standard InChI is InChI=1S/C17H10ClN3O3/c18-12-6-3-5-11(8-12)15(22)19-17-21-20-16(24-17)14-9-10-4-1-2-7-13(10)23-14/h1-9H,(H,19,21,22). The van der Waals surface area contributed by atoms with E-state index in [0.717, 1.165) is 11.0 Å². The number of halogens is 1. The van der Waals surface area contributed by atoms with E-state index >= 15 is 0 Å². The molecule has 0 saturated carbocycles. The fourth-order valence-electron chi connectivity index (χ4n) is 2.26. The van der Waals surface area contributed by atoms with Crippen LogP contribution in [-0.2, 0) is 0 Å². The van der Waals surface area contributed by atoms with Gasteiger partial charge in [-0.3, -0.25) is 10.1 Å². The van der Waals surface area contributed by atoms with E-state index in [9.17, 15) is 4.79 Å². The van der Waals surface area contributed by atoms with Crippen molar-refractivity contribution in [2.45, 2.75) is 0 Å². The van der Waals surface area contributed by atoms with Gasteiger partial charge in [-0.25, -0.2) is 0 Å². The molecule has 1 amide bonds. The monoisotopic (exact) mass is 339 g/mol. The van der Waals surface area contributed by atoms with Gasteiger partial charge in [-0.2, -0.15) is 0 Å². The Bertz CT molecular complexity index is 1010. The van der Waals surface area contributed by atoms with E-state index in [1.54, 1.807) is 30.3 Å². The number of nitrogens with zero attached hydrogens (tertiary/aromatic N) is 2. The molecule has 2 aromatic carbocycles. The summed E-state index contributed by atoms with van der Waals surface area (Å²) in [5, 5.41) is 11.6. The molecule has 0 aliphatic heterocycles. The molecule has 4 rings (SSSR count). The summed E-state index contributed by atoms with van der Waals surface area (Å²) in [5.74, 6) is 0.233. The second kappa shape index (κ2) is 5.82. The summed E-state index contributed by atoms with van der Waals surface area (Å²) < 4.78 is 11.1. The van der Waals surface area contributed by atoms with Crippen LogP contribution in [0.25, 0.3) is 22.6 Å². The zero-order valence-corrected chi connectivity index (χ0v) is 12.9. The van der Waals surface area contributed by atoms with Gasteiger partial charge < -0.3 is 8.83 Å². The molecule has 24 heavy (non-hydrogen) atoms. The van der Waals surface area contributed by atoms with Gasteiger partial charge in [-0.05, 0) is 30.3 Å². The highest BCUT2D eigenvalue weighted by molar-refractivity contribution is 6.31. The summed E-state index contributed by atoms with van der Waals surface area (Å²) in [7, 11) is 0. The van der Waals surface area contributed by atoms with Crippen molar-refractivity contribution < 1.29 is 13.6 Å². The number of rotatable bonds is 3. The average Bonchev–Trinajstić information content (AvgIpc) is 3.21. The Kier molecular flexibility index (Phi) is 3.51. The van der Waals surface area contributed by atoms with Gasteiger partial charge in [0.15, 0.2) is 5.76 Å². The van der Waals surface area contributed by atoms with Crippen LogP contribution in [0.1, 0.15) is 10.4 Å². The minimum atomic E-state index is -0.391. The van der Waals surface area contributed by atoms with Crippen molar-refractivity contribution in [3.63, 3.8) is 0 Å². The zero-order valence-electron chi connectivity index (χ0n) is 12.2. The number of para-hydroxylation sites is 1. The topological polar surface area (TPSA) is 81.2 Å². The molecule has 0 radical (unpaired) electrons. The fraction of sp³-hybridized carbons (Fsp3) is 0. The van der Waals surface area contributed by atoms with Gasteiger partial charge >= 0.3 is 6.01 Å². The van der Waals surface area contributed by atoms with Gasteiger partial charge in [0.25, 0.3) is 11.8 Å². The molecule has 0 atom stereocenters. The quantitative estimate of drug-likeness (QED) is 0.598. The number of carbonyl (C=O) groups excluding carboxylic acids is 1. The number of anilines is 1. The SMILES string of the molecule is O=C(Nc1nnc(-c2cc3ccccc3o2)o1)c1cccc(Cl)c1. The number of hydrogen-bond donors (Lipinski definition) is 1. The van der Waals surface area contributed by atoms with Gasteiger partial charge in [0.2, 0.25) is 0 Å². The first-order valence-corrected chi connectivity index (χ1v) is 7.46. The van der Waals surface area contributed by atoms with Crippen molar-refractivity contribution in [1.29, 1.82) is 0 Å². The molecule has 2 heterocycles. The summed E-state index contributed by atoms with van der Waals surface area (Å²) in [6.45, 7) is 0. The second-order valence-corrected chi connectivity index (χ2v) is 5.46. The molecule has 0 fully saturated rings. The molecule has 0 unspecified atom stereocenters. The molecule has 6 nitrogen and oxygen atoms in total. The Hall–Kier alpha value is -3.12. The minimum absolute atomic E-state index is 0.0181. The largest absolute Gasteiger partial charge is 0.451 e. The lowest BCUT2D eigenvalue weighted by atomic mass is 10.2. The highest BCUT2D eigenvalue weighted by Gasteiger charge is 2.15. The molecule has 2 aromatic heterocycles. The normalized spacial score (nSPS) is 10.9. The first kappa shape index (κ1) is 14.5. The van der Waals surface area contributed by atoms with Crippen molar-refractivity contribution in [2.24, 2.45) is 0 Å². The minimum Gasteiger partial charge on any atom is -0.451 e. The van der Waals surface area contributed by atoms with Gasteiger partial charge in [0, 0.05) is 16.0 Å². The molecule has 4 aromatic rings. The molecule has 118 valence electrons. The lowest BCUT2D eigenvalue weighted by molar-refractivity contribution is 0.102. The third kappa shape index (κ3) is 2.75. The van der Waals surface area contributed by atoms with E-state index in [0.29, 0.717) is 16.3 Å². The highest BCUT2D eigenvalue weighted by Crippen LogP contribution is 2.27. The van der Waals surface area contributed by atoms with Gasteiger partial charge in [0.1, 0.15) is 5.58 Å². The Morgan fingerprint density at radius 2 is 1.88 bits per heavy atom. The molecular formula is C17H10ClN3O3. The molecule has 0 bridgehead atoms. The number of hydrogen-bond acceptors (Lipinski definition) is 5. The number of benzene rings is 2. The third-order valence-corrected chi connectivity index (χ3v) is 3.60. The van der Waals surface area contributed by atoms with Crippen LogP contribution in [0.4, 0.5) is 6.01 Å². The van der Waals surface area contributed by atoms with E-state index in [-0.39, 0.29) is 11.9 Å². The third-order valence-electron chi connectivity index (χ3n) is 3.37. The summed E-state index contributed by atoms with van der Waals surface area (Å²) in [5.41, 5.74) is 1.11. The van der Waals surface area contributed by atoms with E-state index in [1.807, 2.05) is 24.3 Å². The second-order valence-electron chi connectivity index (χ2n) is 5.03. The van der Waals surface area contributed by atoms with Gasteiger partial charge in [0.05, 0.1) is 0 Å². The molecule has 0 spiro atoms. The summed E-state index contributed by atoms with van der Waals surface area (Å²) >= 11 is 5.87. The summed E-state index contributed by atoms with van der Waals surface area (Å²) in [6, 6.07) is 15.9. The number of nitrogens with one attached hydrogen (secondary N) is 1. The van der Waals surface area contributed by atoms with Crippen molar-refractivity contribution in [3.8, 4) is 11.7 Å². The molecule has 0 saturated heterocycles. The molecule has 1 N–H and O–H groups in total. The lowest BCUT2D eigenvalue weighted by Crippen LogP contribution is -2.11. The van der Waals surface area contributed by atoms with Crippen LogP contribution in [0.5, 0.6) is 0 Å². The van der Waals surface area contributed by atoms with Crippen molar-refractivity contribution in [3.05, 3.63) is 65.2 Å². The lowest BCUT2D eigenvalue weighted by Gasteiger charge is -2.00. The average molecular weight is 340 g/mol. The van der Waals surface area contributed by atoms with Gasteiger partial charge in [-0.1, -0.05) is 41.0 Å². The van der Waals surface area contributed by atoms with E-state index in [4.69, 9.17) is 20.4 Å². The maximum atomic E-state index is 12.1. The van der Waals surface area contributed by atoms with Crippen LogP contribution >= 0.6 is 11.6 Å². The van der Waals surface area contributed by atoms with Crippen LogP contribution < -0.4 is 5.32 Å². The Labute approximate surface area is 141 Å². The summed E-state index contributed by atoms with van der Waals surface area (Å²) in [4.78, 5) is 12.1. The van der Waals surface area contributed by atoms with E-state index in [2.05, 4.69) is 15.5 Å². The number of amides is 1. The number of furan rings is 1. The number of aromatic nitrogens is 2. The first-order chi connectivity index (χ1) is 11.7. The Balaban J connectivity index is 1.57. The van der Waals surface area contributed by atoms with Crippen LogP contribution in [0.3, 0.4) is 0 Å².